The predicted octanol–water partition coefficient (Wildman–Crippen LogP) is 10.9. The van der Waals surface area contributed by atoms with E-state index in [0.717, 1.165) is 36.8 Å². The van der Waals surface area contributed by atoms with Crippen molar-refractivity contribution in [3.63, 3.8) is 0 Å². The summed E-state index contributed by atoms with van der Waals surface area (Å²) in [5, 5.41) is 18.7. The Bertz CT molecular complexity index is 1430. The second-order valence-corrected chi connectivity index (χ2v) is 13.8. The van der Waals surface area contributed by atoms with Gasteiger partial charge in [-0.1, -0.05) is 117 Å². The Hall–Kier alpha value is -4.56. The van der Waals surface area contributed by atoms with Crippen LogP contribution in [0, 0.1) is 34.5 Å². The summed E-state index contributed by atoms with van der Waals surface area (Å²) in [6.07, 6.45) is 20.2. The van der Waals surface area contributed by atoms with Crippen molar-refractivity contribution in [3.05, 3.63) is 58.7 Å². The first-order chi connectivity index (χ1) is 25.1. The molecule has 0 radical (unpaired) electrons. The fourth-order valence-electron chi connectivity index (χ4n) is 5.75. The van der Waals surface area contributed by atoms with E-state index in [9.17, 15) is 20.1 Å². The summed E-state index contributed by atoms with van der Waals surface area (Å²) in [5.41, 5.74) is 1.76. The second kappa shape index (κ2) is 25.4. The number of ether oxygens (including phenoxy) is 4. The molecule has 0 spiro atoms. The first-order valence-corrected chi connectivity index (χ1v) is 19.1. The molecule has 0 aliphatic heterocycles. The van der Waals surface area contributed by atoms with Gasteiger partial charge in [-0.05, 0) is 60.4 Å². The minimum absolute atomic E-state index is 0.143. The third kappa shape index (κ3) is 16.2. The smallest absolute Gasteiger partial charge is 0.175 e. The normalized spacial score (nSPS) is 11.7. The molecule has 2 aromatic rings. The van der Waals surface area contributed by atoms with Crippen LogP contribution >= 0.6 is 0 Å². The summed E-state index contributed by atoms with van der Waals surface area (Å²) in [6, 6.07) is 15.0. The Morgan fingerprint density at radius 3 is 1.12 bits per heavy atom. The molecule has 0 N–H and O–H groups in total. The van der Waals surface area contributed by atoms with Gasteiger partial charge in [0.05, 0.1) is 38.6 Å². The molecule has 0 bridgehead atoms. The summed E-state index contributed by atoms with van der Waals surface area (Å²) in [4.78, 5) is 24.4. The quantitative estimate of drug-likeness (QED) is 0.0510. The number of ketones is 2. The molecule has 282 valence electrons. The van der Waals surface area contributed by atoms with Crippen molar-refractivity contribution in [2.45, 2.75) is 118 Å². The number of allylic oxidation sites excluding steroid dienone is 2. The van der Waals surface area contributed by atoms with Crippen LogP contribution in [0.15, 0.2) is 47.5 Å². The van der Waals surface area contributed by atoms with Crippen LogP contribution in [0.3, 0.4) is 0 Å². The molecule has 8 nitrogen and oxygen atoms in total. The van der Waals surface area contributed by atoms with Gasteiger partial charge in [-0.2, -0.15) is 10.5 Å². The number of benzene rings is 2. The van der Waals surface area contributed by atoms with Crippen molar-refractivity contribution >= 4 is 23.7 Å². The standard InChI is InChI=1S/C44H60N2O6/c1-33(2)43(47)37(31-45)27-35-21-23-39(41(29-35)49-5)51-25-19-17-15-13-11-9-7-8-10-12-14-16-18-20-26-52-40-24-22-36(30-42(40)50-6)28-38(32-46)44(48)34(3)4/h21-24,27-30,33-34H,7-20,25-26H2,1-6H3. The van der Waals surface area contributed by atoms with E-state index in [-0.39, 0.29) is 34.5 Å². The van der Waals surface area contributed by atoms with Crippen LogP contribution in [0.5, 0.6) is 23.0 Å². The Labute approximate surface area is 312 Å². The van der Waals surface area contributed by atoms with Gasteiger partial charge in [-0.3, -0.25) is 9.59 Å². The Balaban J connectivity index is 1.49. The van der Waals surface area contributed by atoms with Crippen molar-refractivity contribution in [1.29, 1.82) is 10.5 Å². The number of carbonyl (C=O) groups is 2. The molecular formula is C44H60N2O6. The molecule has 2 aromatic carbocycles. The Morgan fingerprint density at radius 1 is 0.538 bits per heavy atom. The van der Waals surface area contributed by atoms with Crippen LogP contribution in [0.1, 0.15) is 129 Å². The summed E-state index contributed by atoms with van der Waals surface area (Å²) in [7, 11) is 3.18. The Morgan fingerprint density at radius 2 is 0.846 bits per heavy atom. The van der Waals surface area contributed by atoms with Crippen LogP contribution in [-0.2, 0) is 9.59 Å². The van der Waals surface area contributed by atoms with Gasteiger partial charge >= 0.3 is 0 Å². The number of hydrogen-bond donors (Lipinski definition) is 0. The van der Waals surface area contributed by atoms with E-state index in [2.05, 4.69) is 0 Å². The van der Waals surface area contributed by atoms with Gasteiger partial charge in [0.25, 0.3) is 0 Å². The van der Waals surface area contributed by atoms with Gasteiger partial charge in [0.2, 0.25) is 0 Å². The highest BCUT2D eigenvalue weighted by Gasteiger charge is 2.15. The van der Waals surface area contributed by atoms with Gasteiger partial charge in [0.1, 0.15) is 12.1 Å². The molecule has 0 unspecified atom stereocenters. The summed E-state index contributed by atoms with van der Waals surface area (Å²) < 4.78 is 22.9. The maximum Gasteiger partial charge on any atom is 0.175 e. The van der Waals surface area contributed by atoms with Crippen LogP contribution in [0.2, 0.25) is 0 Å². The molecule has 8 heteroatoms. The SMILES string of the molecule is COc1cc(C=C(C#N)C(=O)C(C)C)ccc1OCCCCCCCCCCCCCCCCOc1ccc(C=C(C#N)C(=O)C(C)C)cc1OC. The van der Waals surface area contributed by atoms with E-state index >= 15 is 0 Å². The van der Waals surface area contributed by atoms with E-state index in [1.807, 2.05) is 36.4 Å². The zero-order valence-corrected chi connectivity index (χ0v) is 32.4. The predicted molar refractivity (Wildman–Crippen MR) is 208 cm³/mol. The monoisotopic (exact) mass is 712 g/mol. The molecule has 0 aliphatic rings. The van der Waals surface area contributed by atoms with Crippen LogP contribution < -0.4 is 18.9 Å². The third-order valence-electron chi connectivity index (χ3n) is 8.87. The van der Waals surface area contributed by atoms with Crippen LogP contribution in [0.4, 0.5) is 0 Å². The summed E-state index contributed by atoms with van der Waals surface area (Å²) >= 11 is 0. The lowest BCUT2D eigenvalue weighted by molar-refractivity contribution is -0.118. The van der Waals surface area contributed by atoms with Gasteiger partial charge in [0, 0.05) is 11.8 Å². The number of Topliss-reactive ketones (excluding diaryl/α,β-unsaturated/α-hetero) is 2. The summed E-state index contributed by atoms with van der Waals surface area (Å²) in [6.45, 7) is 8.40. The fraction of sp³-hybridized carbons (Fsp3) is 0.545. The Kier molecular flexibility index (Phi) is 21.3. The van der Waals surface area contributed by atoms with Crippen LogP contribution in [0.25, 0.3) is 12.2 Å². The number of hydrogen-bond acceptors (Lipinski definition) is 8. The van der Waals surface area contributed by atoms with Gasteiger partial charge < -0.3 is 18.9 Å². The first-order valence-electron chi connectivity index (χ1n) is 19.1. The molecule has 0 saturated carbocycles. The maximum atomic E-state index is 12.2. The highest BCUT2D eigenvalue weighted by molar-refractivity contribution is 6.04. The van der Waals surface area contributed by atoms with Gasteiger partial charge in [0.15, 0.2) is 34.6 Å². The average molecular weight is 713 g/mol. The van der Waals surface area contributed by atoms with Crippen molar-refractivity contribution in [2.24, 2.45) is 11.8 Å². The van der Waals surface area contributed by atoms with Crippen molar-refractivity contribution in [1.82, 2.24) is 0 Å². The van der Waals surface area contributed by atoms with Crippen molar-refractivity contribution in [2.75, 3.05) is 27.4 Å². The number of nitriles is 2. The van der Waals surface area contributed by atoms with E-state index in [0.29, 0.717) is 36.2 Å². The zero-order chi connectivity index (χ0) is 38.1. The number of nitrogens with zero attached hydrogens (tertiary/aromatic N) is 2. The topological polar surface area (TPSA) is 119 Å². The number of unbranched alkanes of at least 4 members (excludes halogenated alkanes) is 13. The molecule has 0 heterocycles. The lowest BCUT2D eigenvalue weighted by Crippen LogP contribution is -2.08. The lowest BCUT2D eigenvalue weighted by Gasteiger charge is -2.12. The largest absolute Gasteiger partial charge is 0.493 e. The average Bonchev–Trinajstić information content (AvgIpc) is 3.15. The number of carbonyl (C=O) groups excluding carboxylic acids is 2. The molecule has 0 aromatic heterocycles. The minimum Gasteiger partial charge on any atom is -0.493 e. The molecule has 0 atom stereocenters. The molecule has 0 saturated heterocycles. The number of rotatable bonds is 27. The second-order valence-electron chi connectivity index (χ2n) is 13.8. The van der Waals surface area contributed by atoms with Crippen molar-refractivity contribution in [3.8, 4) is 35.1 Å². The highest BCUT2D eigenvalue weighted by Crippen LogP contribution is 2.31. The van der Waals surface area contributed by atoms with E-state index in [1.165, 1.54) is 64.2 Å². The molecular weight excluding hydrogens is 652 g/mol. The molecule has 0 amide bonds. The zero-order valence-electron chi connectivity index (χ0n) is 32.4. The minimum atomic E-state index is -0.230. The van der Waals surface area contributed by atoms with E-state index in [1.54, 1.807) is 66.2 Å². The van der Waals surface area contributed by atoms with Crippen LogP contribution in [-0.4, -0.2) is 39.0 Å². The molecule has 52 heavy (non-hydrogen) atoms. The first kappa shape index (κ1) is 43.6. The molecule has 2 rings (SSSR count). The third-order valence-corrected chi connectivity index (χ3v) is 8.87. The molecule has 0 aliphatic carbocycles. The molecule has 0 fully saturated rings. The van der Waals surface area contributed by atoms with Gasteiger partial charge in [-0.25, -0.2) is 0 Å². The van der Waals surface area contributed by atoms with Crippen molar-refractivity contribution < 1.29 is 28.5 Å². The highest BCUT2D eigenvalue weighted by atomic mass is 16.5. The number of methoxy groups -OCH3 is 2. The van der Waals surface area contributed by atoms with Gasteiger partial charge in [-0.15, -0.1) is 0 Å². The fourth-order valence-corrected chi connectivity index (χ4v) is 5.75. The maximum absolute atomic E-state index is 12.2. The summed E-state index contributed by atoms with van der Waals surface area (Å²) in [5.74, 6) is 1.74. The van der Waals surface area contributed by atoms with E-state index in [4.69, 9.17) is 18.9 Å². The lowest BCUT2D eigenvalue weighted by atomic mass is 10.00. The van der Waals surface area contributed by atoms with E-state index < -0.39 is 0 Å².